The van der Waals surface area contributed by atoms with Crippen LogP contribution in [-0.2, 0) is 17.8 Å². The molecule has 1 aromatic heterocycles. The van der Waals surface area contributed by atoms with Crippen molar-refractivity contribution in [3.05, 3.63) is 83.4 Å². The number of rotatable bonds is 8. The van der Waals surface area contributed by atoms with Gasteiger partial charge in [-0.3, -0.25) is 9.48 Å². The highest BCUT2D eigenvalue weighted by atomic mass is 35.5. The second kappa shape index (κ2) is 9.15. The van der Waals surface area contributed by atoms with Crippen LogP contribution in [0, 0.1) is 0 Å². The van der Waals surface area contributed by atoms with Gasteiger partial charge < -0.3 is 5.32 Å². The number of aromatic nitrogens is 3. The van der Waals surface area contributed by atoms with E-state index in [4.69, 9.17) is 11.6 Å². The molecule has 2 aromatic carbocycles. The lowest BCUT2D eigenvalue weighted by atomic mass is 10.1. The fourth-order valence-electron chi connectivity index (χ4n) is 2.80. The molecule has 1 N–H and O–H groups in total. The Labute approximate surface area is 158 Å². The zero-order chi connectivity index (χ0) is 18.2. The number of benzene rings is 2. The minimum Gasteiger partial charge on any atom is -0.347 e. The second-order valence-corrected chi connectivity index (χ2v) is 6.56. The first-order valence-electron chi connectivity index (χ1n) is 8.62. The first kappa shape index (κ1) is 18.1. The predicted octanol–water partition coefficient (Wildman–Crippen LogP) is 3.81. The lowest BCUT2D eigenvalue weighted by Crippen LogP contribution is -2.31. The van der Waals surface area contributed by atoms with E-state index in [1.54, 1.807) is 11.0 Å². The minimum atomic E-state index is -0.138. The Morgan fingerprint density at radius 1 is 1.12 bits per heavy atom. The van der Waals surface area contributed by atoms with Gasteiger partial charge >= 0.3 is 0 Å². The van der Waals surface area contributed by atoms with Crippen LogP contribution < -0.4 is 5.32 Å². The van der Waals surface area contributed by atoms with Crippen LogP contribution in [0.5, 0.6) is 0 Å². The Kier molecular flexibility index (Phi) is 6.39. The van der Waals surface area contributed by atoms with E-state index in [1.807, 2.05) is 54.6 Å². The highest BCUT2D eigenvalue weighted by Gasteiger charge is 2.15. The van der Waals surface area contributed by atoms with Crippen LogP contribution >= 0.6 is 11.6 Å². The molecule has 1 atom stereocenters. The number of hydrogen-bond donors (Lipinski definition) is 1. The molecule has 0 aliphatic carbocycles. The molecule has 5 nitrogen and oxygen atoms in total. The molecule has 0 radical (unpaired) electrons. The highest BCUT2D eigenvalue weighted by molar-refractivity contribution is 6.30. The third kappa shape index (κ3) is 5.43. The summed E-state index contributed by atoms with van der Waals surface area (Å²) in [5.41, 5.74) is 2.23. The summed E-state index contributed by atoms with van der Waals surface area (Å²) in [4.78, 5) is 16.4. The van der Waals surface area contributed by atoms with Crippen LogP contribution in [-0.4, -0.2) is 20.7 Å². The van der Waals surface area contributed by atoms with Gasteiger partial charge in [-0.15, -0.1) is 0 Å². The van der Waals surface area contributed by atoms with Crippen molar-refractivity contribution in [3.8, 4) is 0 Å². The summed E-state index contributed by atoms with van der Waals surface area (Å²) < 4.78 is 1.73. The maximum Gasteiger partial charge on any atom is 0.220 e. The van der Waals surface area contributed by atoms with Gasteiger partial charge in [0.1, 0.15) is 12.7 Å². The summed E-state index contributed by atoms with van der Waals surface area (Å²) in [6.07, 6.45) is 5.27. The zero-order valence-electron chi connectivity index (χ0n) is 14.4. The van der Waals surface area contributed by atoms with Gasteiger partial charge in [0.15, 0.2) is 0 Å². The summed E-state index contributed by atoms with van der Waals surface area (Å²) in [5.74, 6) is 0.0351. The second-order valence-electron chi connectivity index (χ2n) is 6.13. The van der Waals surface area contributed by atoms with Crippen molar-refractivity contribution in [2.75, 3.05) is 0 Å². The Balaban J connectivity index is 1.55. The molecule has 26 heavy (non-hydrogen) atoms. The fraction of sp³-hybridized carbons (Fsp3) is 0.250. The molecule has 6 heteroatoms. The Hall–Kier alpha value is -2.66. The van der Waals surface area contributed by atoms with E-state index in [9.17, 15) is 4.79 Å². The molecule has 0 fully saturated rings. The molecule has 1 heterocycles. The van der Waals surface area contributed by atoms with E-state index in [0.717, 1.165) is 23.4 Å². The molecule has 0 saturated heterocycles. The van der Waals surface area contributed by atoms with Crippen molar-refractivity contribution in [1.82, 2.24) is 20.1 Å². The molecule has 0 bridgehead atoms. The van der Waals surface area contributed by atoms with Gasteiger partial charge in [0.25, 0.3) is 0 Å². The lowest BCUT2D eigenvalue weighted by molar-refractivity contribution is -0.122. The highest BCUT2D eigenvalue weighted by Crippen LogP contribution is 2.16. The third-order valence-corrected chi connectivity index (χ3v) is 4.41. The van der Waals surface area contributed by atoms with Gasteiger partial charge in [-0.05, 0) is 36.1 Å². The van der Waals surface area contributed by atoms with E-state index in [1.165, 1.54) is 11.9 Å². The van der Waals surface area contributed by atoms with Crippen molar-refractivity contribution in [3.63, 3.8) is 0 Å². The minimum absolute atomic E-state index is 0.0351. The SMILES string of the molecule is O=C(CCCc1ccc(Cl)cc1)NC(Cn1cncn1)c1ccccc1. The number of nitrogens with one attached hydrogen (secondary N) is 1. The normalized spacial score (nSPS) is 11.9. The number of hydrogen-bond acceptors (Lipinski definition) is 3. The van der Waals surface area contributed by atoms with Crippen molar-refractivity contribution in [2.24, 2.45) is 0 Å². The van der Waals surface area contributed by atoms with E-state index in [-0.39, 0.29) is 11.9 Å². The number of amides is 1. The maximum absolute atomic E-state index is 12.4. The van der Waals surface area contributed by atoms with E-state index < -0.39 is 0 Å². The molecule has 0 aliphatic rings. The van der Waals surface area contributed by atoms with Crippen molar-refractivity contribution >= 4 is 17.5 Å². The molecular weight excluding hydrogens is 348 g/mol. The molecule has 134 valence electrons. The quantitative estimate of drug-likeness (QED) is 0.657. The summed E-state index contributed by atoms with van der Waals surface area (Å²) in [6, 6.07) is 17.5. The van der Waals surface area contributed by atoms with Crippen LogP contribution in [0.4, 0.5) is 0 Å². The molecule has 0 saturated carbocycles. The number of carbonyl (C=O) groups excluding carboxylic acids is 1. The molecule has 3 aromatic rings. The van der Waals surface area contributed by atoms with Crippen molar-refractivity contribution < 1.29 is 4.79 Å². The van der Waals surface area contributed by atoms with Crippen molar-refractivity contribution in [2.45, 2.75) is 31.8 Å². The van der Waals surface area contributed by atoms with Gasteiger partial charge in [0, 0.05) is 11.4 Å². The first-order chi connectivity index (χ1) is 12.7. The van der Waals surface area contributed by atoms with Crippen LogP contribution in [0.15, 0.2) is 67.3 Å². The summed E-state index contributed by atoms with van der Waals surface area (Å²) >= 11 is 5.89. The van der Waals surface area contributed by atoms with Crippen LogP contribution in [0.3, 0.4) is 0 Å². The zero-order valence-corrected chi connectivity index (χ0v) is 15.1. The van der Waals surface area contributed by atoms with Gasteiger partial charge in [-0.1, -0.05) is 54.1 Å². The number of aryl methyl sites for hydroxylation is 1. The van der Waals surface area contributed by atoms with Gasteiger partial charge in [0.2, 0.25) is 5.91 Å². The standard InChI is InChI=1S/C20H21ClN4O/c21-18-11-9-16(10-12-18)5-4-8-20(26)24-19(13-25-15-22-14-23-25)17-6-2-1-3-7-17/h1-3,6-7,9-12,14-15,19H,4-5,8,13H2,(H,24,26). The van der Waals surface area contributed by atoms with E-state index in [0.29, 0.717) is 13.0 Å². The van der Waals surface area contributed by atoms with Crippen LogP contribution in [0.1, 0.15) is 30.0 Å². The molecule has 1 unspecified atom stereocenters. The number of nitrogens with zero attached hydrogens (tertiary/aromatic N) is 3. The summed E-state index contributed by atoms with van der Waals surface area (Å²) in [6.45, 7) is 0.549. The largest absolute Gasteiger partial charge is 0.347 e. The van der Waals surface area contributed by atoms with E-state index >= 15 is 0 Å². The molecule has 0 aliphatic heterocycles. The maximum atomic E-state index is 12.4. The average Bonchev–Trinajstić information content (AvgIpc) is 3.17. The smallest absolute Gasteiger partial charge is 0.220 e. The van der Waals surface area contributed by atoms with E-state index in [2.05, 4.69) is 15.4 Å². The lowest BCUT2D eigenvalue weighted by Gasteiger charge is -2.19. The Bertz CT molecular complexity index is 804. The Morgan fingerprint density at radius 2 is 1.88 bits per heavy atom. The number of carbonyl (C=O) groups is 1. The topological polar surface area (TPSA) is 59.8 Å². The summed E-state index contributed by atoms with van der Waals surface area (Å²) in [7, 11) is 0. The average molecular weight is 369 g/mol. The van der Waals surface area contributed by atoms with Gasteiger partial charge in [0.05, 0.1) is 12.6 Å². The van der Waals surface area contributed by atoms with Crippen LogP contribution in [0.2, 0.25) is 5.02 Å². The molecule has 3 rings (SSSR count). The molecule has 1 amide bonds. The first-order valence-corrected chi connectivity index (χ1v) is 8.99. The Morgan fingerprint density at radius 3 is 2.58 bits per heavy atom. The molecular formula is C20H21ClN4O. The monoisotopic (exact) mass is 368 g/mol. The van der Waals surface area contributed by atoms with Crippen molar-refractivity contribution in [1.29, 1.82) is 0 Å². The van der Waals surface area contributed by atoms with Gasteiger partial charge in [-0.2, -0.15) is 5.10 Å². The third-order valence-electron chi connectivity index (χ3n) is 4.16. The fourth-order valence-corrected chi connectivity index (χ4v) is 2.93. The number of halogens is 1. The molecule has 0 spiro atoms. The summed E-state index contributed by atoms with van der Waals surface area (Å²) in [5, 5.41) is 7.99. The van der Waals surface area contributed by atoms with Gasteiger partial charge in [-0.25, -0.2) is 4.98 Å². The predicted molar refractivity (Wildman–Crippen MR) is 102 cm³/mol. The van der Waals surface area contributed by atoms with Crippen LogP contribution in [0.25, 0.3) is 0 Å².